The SMILES string of the molecule is COc1cccc(NC(=O)NC2CCNCC2(C)C)c1. The standard InChI is InChI=1S/C15H23N3O2/c1-15(2)10-16-8-7-13(15)18-14(19)17-11-5-4-6-12(9-11)20-3/h4-6,9,13,16H,7-8,10H2,1-3H3,(H2,17,18,19). The summed E-state index contributed by atoms with van der Waals surface area (Å²) in [7, 11) is 1.61. The molecule has 2 rings (SSSR count). The zero-order chi connectivity index (χ0) is 14.6. The fraction of sp³-hybridized carbons (Fsp3) is 0.533. The second kappa shape index (κ2) is 6.13. The molecule has 0 aromatic heterocycles. The minimum absolute atomic E-state index is 0.0595. The van der Waals surface area contributed by atoms with Crippen molar-refractivity contribution in [3.05, 3.63) is 24.3 Å². The molecular formula is C15H23N3O2. The molecule has 1 unspecified atom stereocenters. The second-order valence-corrected chi connectivity index (χ2v) is 5.84. The Hall–Kier alpha value is -1.75. The van der Waals surface area contributed by atoms with Gasteiger partial charge in [-0.2, -0.15) is 0 Å². The van der Waals surface area contributed by atoms with Crippen molar-refractivity contribution in [2.24, 2.45) is 5.41 Å². The normalized spacial score (nSPS) is 21.1. The van der Waals surface area contributed by atoms with Crippen LogP contribution in [0.4, 0.5) is 10.5 Å². The molecule has 1 aromatic rings. The van der Waals surface area contributed by atoms with Crippen molar-refractivity contribution in [1.82, 2.24) is 10.6 Å². The van der Waals surface area contributed by atoms with E-state index in [1.807, 2.05) is 18.2 Å². The number of benzene rings is 1. The van der Waals surface area contributed by atoms with Crippen molar-refractivity contribution in [2.75, 3.05) is 25.5 Å². The molecule has 1 fully saturated rings. The summed E-state index contributed by atoms with van der Waals surface area (Å²) in [6.07, 6.45) is 0.943. The number of rotatable bonds is 3. The van der Waals surface area contributed by atoms with Gasteiger partial charge in [0.25, 0.3) is 0 Å². The minimum atomic E-state index is -0.168. The predicted octanol–water partition coefficient (Wildman–Crippen LogP) is 2.20. The van der Waals surface area contributed by atoms with Gasteiger partial charge in [-0.25, -0.2) is 4.79 Å². The smallest absolute Gasteiger partial charge is 0.319 e. The van der Waals surface area contributed by atoms with Crippen LogP contribution in [0.25, 0.3) is 0 Å². The number of anilines is 1. The van der Waals surface area contributed by atoms with Crippen LogP contribution in [0.3, 0.4) is 0 Å². The first-order valence-corrected chi connectivity index (χ1v) is 6.93. The summed E-state index contributed by atoms with van der Waals surface area (Å²) in [5.74, 6) is 0.727. The van der Waals surface area contributed by atoms with Gasteiger partial charge in [0.1, 0.15) is 5.75 Å². The van der Waals surface area contributed by atoms with Crippen molar-refractivity contribution in [1.29, 1.82) is 0 Å². The predicted molar refractivity (Wildman–Crippen MR) is 80.2 cm³/mol. The van der Waals surface area contributed by atoms with Crippen LogP contribution in [0.5, 0.6) is 5.75 Å². The van der Waals surface area contributed by atoms with E-state index in [1.165, 1.54) is 0 Å². The molecule has 5 heteroatoms. The lowest BCUT2D eigenvalue weighted by Gasteiger charge is -2.39. The highest BCUT2D eigenvalue weighted by atomic mass is 16.5. The number of hydrogen-bond acceptors (Lipinski definition) is 3. The molecule has 1 aromatic carbocycles. The Morgan fingerprint density at radius 3 is 2.95 bits per heavy atom. The molecular weight excluding hydrogens is 254 g/mol. The number of hydrogen-bond donors (Lipinski definition) is 3. The molecule has 3 N–H and O–H groups in total. The highest BCUT2D eigenvalue weighted by molar-refractivity contribution is 5.89. The third kappa shape index (κ3) is 3.63. The van der Waals surface area contributed by atoms with Gasteiger partial charge in [0.2, 0.25) is 0 Å². The number of methoxy groups -OCH3 is 1. The van der Waals surface area contributed by atoms with E-state index in [1.54, 1.807) is 13.2 Å². The Bertz CT molecular complexity index is 474. The van der Waals surface area contributed by atoms with Crippen LogP contribution in [0.1, 0.15) is 20.3 Å². The lowest BCUT2D eigenvalue weighted by molar-refractivity contribution is 0.184. The van der Waals surface area contributed by atoms with Gasteiger partial charge in [-0.1, -0.05) is 19.9 Å². The number of piperidine rings is 1. The molecule has 20 heavy (non-hydrogen) atoms. The topological polar surface area (TPSA) is 62.4 Å². The highest BCUT2D eigenvalue weighted by Gasteiger charge is 2.33. The third-order valence-electron chi connectivity index (χ3n) is 3.77. The molecule has 0 aliphatic carbocycles. The third-order valence-corrected chi connectivity index (χ3v) is 3.77. The molecule has 1 saturated heterocycles. The summed E-state index contributed by atoms with van der Waals surface area (Å²) in [6.45, 7) is 6.18. The number of ether oxygens (including phenoxy) is 1. The van der Waals surface area contributed by atoms with E-state index in [2.05, 4.69) is 29.8 Å². The lowest BCUT2D eigenvalue weighted by atomic mass is 9.80. The molecule has 0 radical (unpaired) electrons. The summed E-state index contributed by atoms with van der Waals surface area (Å²) in [5, 5.41) is 9.27. The fourth-order valence-electron chi connectivity index (χ4n) is 2.46. The average molecular weight is 277 g/mol. The minimum Gasteiger partial charge on any atom is -0.497 e. The van der Waals surface area contributed by atoms with Crippen LogP contribution < -0.4 is 20.7 Å². The van der Waals surface area contributed by atoms with Gasteiger partial charge < -0.3 is 20.7 Å². The second-order valence-electron chi connectivity index (χ2n) is 5.84. The van der Waals surface area contributed by atoms with Gasteiger partial charge in [0.15, 0.2) is 0 Å². The zero-order valence-electron chi connectivity index (χ0n) is 12.3. The molecule has 110 valence electrons. The van der Waals surface area contributed by atoms with E-state index in [0.29, 0.717) is 0 Å². The monoisotopic (exact) mass is 277 g/mol. The van der Waals surface area contributed by atoms with Crippen LogP contribution in [-0.4, -0.2) is 32.3 Å². The number of urea groups is 1. The van der Waals surface area contributed by atoms with Gasteiger partial charge in [-0.15, -0.1) is 0 Å². The maximum absolute atomic E-state index is 12.1. The fourth-order valence-corrected chi connectivity index (χ4v) is 2.46. The quantitative estimate of drug-likeness (QED) is 0.793. The molecule has 1 atom stereocenters. The number of nitrogens with one attached hydrogen (secondary N) is 3. The number of amides is 2. The van der Waals surface area contributed by atoms with Crippen LogP contribution in [-0.2, 0) is 0 Å². The Balaban J connectivity index is 1.94. The van der Waals surface area contributed by atoms with E-state index < -0.39 is 0 Å². The zero-order valence-corrected chi connectivity index (χ0v) is 12.3. The van der Waals surface area contributed by atoms with Gasteiger partial charge in [0, 0.05) is 24.3 Å². The molecule has 1 heterocycles. The molecule has 0 spiro atoms. The summed E-state index contributed by atoms with van der Waals surface area (Å²) < 4.78 is 5.14. The Morgan fingerprint density at radius 1 is 1.45 bits per heavy atom. The van der Waals surface area contributed by atoms with Gasteiger partial charge >= 0.3 is 6.03 Å². The molecule has 0 bridgehead atoms. The Labute approximate surface area is 120 Å². The average Bonchev–Trinajstić information content (AvgIpc) is 2.41. The van der Waals surface area contributed by atoms with Crippen molar-refractivity contribution in [3.63, 3.8) is 0 Å². The summed E-state index contributed by atoms with van der Waals surface area (Å²) in [5.41, 5.74) is 0.790. The molecule has 1 aliphatic rings. The summed E-state index contributed by atoms with van der Waals surface area (Å²) in [6, 6.07) is 7.35. The van der Waals surface area contributed by atoms with Gasteiger partial charge in [-0.3, -0.25) is 0 Å². The highest BCUT2D eigenvalue weighted by Crippen LogP contribution is 2.25. The Kier molecular flexibility index (Phi) is 4.49. The van der Waals surface area contributed by atoms with Crippen molar-refractivity contribution in [3.8, 4) is 5.75 Å². The van der Waals surface area contributed by atoms with Gasteiger partial charge in [0.05, 0.1) is 7.11 Å². The van der Waals surface area contributed by atoms with Crippen molar-refractivity contribution >= 4 is 11.7 Å². The number of carbonyl (C=O) groups is 1. The van der Waals surface area contributed by atoms with E-state index in [0.717, 1.165) is 30.9 Å². The maximum atomic E-state index is 12.1. The maximum Gasteiger partial charge on any atom is 0.319 e. The largest absolute Gasteiger partial charge is 0.497 e. The van der Waals surface area contributed by atoms with Crippen LogP contribution >= 0.6 is 0 Å². The molecule has 5 nitrogen and oxygen atoms in total. The summed E-state index contributed by atoms with van der Waals surface area (Å²) in [4.78, 5) is 12.1. The van der Waals surface area contributed by atoms with Crippen LogP contribution in [0.15, 0.2) is 24.3 Å². The first kappa shape index (κ1) is 14.7. The number of carbonyl (C=O) groups excluding carboxylic acids is 1. The van der Waals surface area contributed by atoms with E-state index in [-0.39, 0.29) is 17.5 Å². The van der Waals surface area contributed by atoms with E-state index in [9.17, 15) is 4.79 Å². The lowest BCUT2D eigenvalue weighted by Crippen LogP contribution is -2.55. The van der Waals surface area contributed by atoms with Crippen molar-refractivity contribution < 1.29 is 9.53 Å². The van der Waals surface area contributed by atoms with Gasteiger partial charge in [-0.05, 0) is 30.5 Å². The van der Waals surface area contributed by atoms with E-state index >= 15 is 0 Å². The first-order valence-electron chi connectivity index (χ1n) is 6.93. The molecule has 2 amide bonds. The van der Waals surface area contributed by atoms with E-state index in [4.69, 9.17) is 4.74 Å². The molecule has 0 saturated carbocycles. The van der Waals surface area contributed by atoms with Crippen LogP contribution in [0.2, 0.25) is 0 Å². The molecule has 1 aliphatic heterocycles. The first-order chi connectivity index (χ1) is 9.51. The summed E-state index contributed by atoms with van der Waals surface area (Å²) >= 11 is 0. The van der Waals surface area contributed by atoms with Crippen molar-refractivity contribution in [2.45, 2.75) is 26.3 Å². The van der Waals surface area contributed by atoms with Crippen LogP contribution in [0, 0.1) is 5.41 Å². The Morgan fingerprint density at radius 2 is 2.25 bits per heavy atom.